The van der Waals surface area contributed by atoms with E-state index in [4.69, 9.17) is 9.47 Å². The normalized spacial score (nSPS) is 10.2. The van der Waals surface area contributed by atoms with Gasteiger partial charge in [-0.15, -0.1) is 0 Å². The molecule has 0 spiro atoms. The Morgan fingerprint density at radius 1 is 0.526 bits per heavy atom. The van der Waals surface area contributed by atoms with Crippen LogP contribution in [0.15, 0.2) is 72.8 Å². The van der Waals surface area contributed by atoms with Crippen LogP contribution in [-0.2, 0) is 0 Å². The first-order chi connectivity index (χ1) is 18.1. The van der Waals surface area contributed by atoms with Gasteiger partial charge in [-0.3, -0.25) is 9.59 Å². The standard InChI is InChI=1S/C15H14O5.C13H10O5/c1-19-9-3-5-11(13(16)7-9)15(18)12-6-4-10(20-2)8-14(12)17;14-9-6-8(11(16)13(18)12(9)17)10(15)7-4-2-1-3-5-7/h3-8,16-17H,1-2H3;1-6,14,16-18H. The van der Waals surface area contributed by atoms with Gasteiger partial charge in [-0.05, 0) is 30.3 Å². The number of methoxy groups -OCH3 is 2. The fraction of sp³-hybridized carbons (Fsp3) is 0.0714. The van der Waals surface area contributed by atoms with Crippen LogP contribution in [0.5, 0.6) is 46.0 Å². The molecule has 0 aliphatic heterocycles. The van der Waals surface area contributed by atoms with E-state index in [1.165, 1.54) is 50.6 Å². The lowest BCUT2D eigenvalue weighted by atomic mass is 10.0. The zero-order chi connectivity index (χ0) is 28.0. The van der Waals surface area contributed by atoms with E-state index in [9.17, 15) is 40.2 Å². The third kappa shape index (κ3) is 5.71. The average Bonchev–Trinajstić information content (AvgIpc) is 2.93. The minimum Gasteiger partial charge on any atom is -0.507 e. The SMILES string of the molecule is COc1ccc(C(=O)c2ccc(OC)cc2O)c(O)c1.O=C(c1ccccc1)c1cc(O)c(O)c(O)c1O. The molecule has 6 N–H and O–H groups in total. The summed E-state index contributed by atoms with van der Waals surface area (Å²) < 4.78 is 9.90. The number of ether oxygens (including phenoxy) is 2. The highest BCUT2D eigenvalue weighted by Gasteiger charge is 2.22. The predicted octanol–water partition coefficient (Wildman–Crippen LogP) is 4.09. The number of hydrogen-bond acceptors (Lipinski definition) is 10. The number of phenolic OH excluding ortho intramolecular Hbond substituents is 6. The summed E-state index contributed by atoms with van der Waals surface area (Å²) in [7, 11) is 2.93. The summed E-state index contributed by atoms with van der Waals surface area (Å²) in [4.78, 5) is 24.3. The van der Waals surface area contributed by atoms with Crippen molar-refractivity contribution >= 4 is 11.6 Å². The number of carbonyl (C=O) groups excluding carboxylic acids is 2. The summed E-state index contributed by atoms with van der Waals surface area (Å²) in [5.41, 5.74) is 0.184. The first-order valence-corrected chi connectivity index (χ1v) is 10.9. The van der Waals surface area contributed by atoms with Crippen LogP contribution in [0.2, 0.25) is 0 Å². The van der Waals surface area contributed by atoms with Crippen molar-refractivity contribution in [2.75, 3.05) is 14.2 Å². The number of phenols is 6. The van der Waals surface area contributed by atoms with E-state index in [1.807, 2.05) is 0 Å². The van der Waals surface area contributed by atoms with Gasteiger partial charge in [-0.25, -0.2) is 0 Å². The second kappa shape index (κ2) is 11.6. The van der Waals surface area contributed by atoms with Gasteiger partial charge in [0.25, 0.3) is 0 Å². The maximum Gasteiger partial charge on any atom is 0.205 e. The lowest BCUT2D eigenvalue weighted by molar-refractivity contribution is 0.102. The zero-order valence-corrected chi connectivity index (χ0v) is 20.2. The Balaban J connectivity index is 0.000000212. The van der Waals surface area contributed by atoms with Crippen molar-refractivity contribution in [2.24, 2.45) is 0 Å². The van der Waals surface area contributed by atoms with Crippen LogP contribution < -0.4 is 9.47 Å². The molecule has 4 aromatic carbocycles. The molecule has 0 aliphatic carbocycles. The topological polar surface area (TPSA) is 174 Å². The maximum atomic E-state index is 12.3. The largest absolute Gasteiger partial charge is 0.507 e. The highest BCUT2D eigenvalue weighted by atomic mass is 16.5. The molecule has 0 atom stereocenters. The highest BCUT2D eigenvalue weighted by molar-refractivity contribution is 6.12. The van der Waals surface area contributed by atoms with Crippen LogP contribution in [0, 0.1) is 0 Å². The number of carbonyl (C=O) groups is 2. The lowest BCUT2D eigenvalue weighted by Crippen LogP contribution is -2.02. The molecule has 196 valence electrons. The van der Waals surface area contributed by atoms with Crippen molar-refractivity contribution in [2.45, 2.75) is 0 Å². The molecule has 10 heteroatoms. The highest BCUT2D eigenvalue weighted by Crippen LogP contribution is 2.44. The molecule has 0 amide bonds. The molecular formula is C28H24O10. The monoisotopic (exact) mass is 520 g/mol. The van der Waals surface area contributed by atoms with E-state index in [2.05, 4.69) is 0 Å². The van der Waals surface area contributed by atoms with Crippen LogP contribution in [-0.4, -0.2) is 56.4 Å². The Hall–Kier alpha value is -5.38. The quantitative estimate of drug-likeness (QED) is 0.123. The van der Waals surface area contributed by atoms with Crippen molar-refractivity contribution < 1.29 is 49.7 Å². The first kappa shape index (κ1) is 27.2. The van der Waals surface area contributed by atoms with E-state index in [-0.39, 0.29) is 33.8 Å². The fourth-order valence-electron chi connectivity index (χ4n) is 3.36. The molecule has 10 nitrogen and oxygen atoms in total. The molecule has 0 aliphatic rings. The van der Waals surface area contributed by atoms with E-state index >= 15 is 0 Å². The van der Waals surface area contributed by atoms with Gasteiger partial charge in [0.1, 0.15) is 23.0 Å². The number of ketones is 2. The summed E-state index contributed by atoms with van der Waals surface area (Å²) in [6.45, 7) is 0. The smallest absolute Gasteiger partial charge is 0.205 e. The Kier molecular flexibility index (Phi) is 8.29. The first-order valence-electron chi connectivity index (χ1n) is 10.9. The van der Waals surface area contributed by atoms with Gasteiger partial charge in [0.2, 0.25) is 11.5 Å². The Morgan fingerprint density at radius 2 is 1.03 bits per heavy atom. The summed E-state index contributed by atoms with van der Waals surface area (Å²) in [5, 5.41) is 57.1. The van der Waals surface area contributed by atoms with Gasteiger partial charge >= 0.3 is 0 Å². The Bertz CT molecular complexity index is 1420. The van der Waals surface area contributed by atoms with Crippen molar-refractivity contribution in [1.82, 2.24) is 0 Å². The van der Waals surface area contributed by atoms with Crippen molar-refractivity contribution in [3.8, 4) is 46.0 Å². The molecule has 0 radical (unpaired) electrons. The van der Waals surface area contributed by atoms with E-state index < -0.39 is 34.6 Å². The van der Waals surface area contributed by atoms with Crippen LogP contribution in [0.4, 0.5) is 0 Å². The van der Waals surface area contributed by atoms with Crippen LogP contribution in [0.1, 0.15) is 31.8 Å². The molecule has 0 fully saturated rings. The van der Waals surface area contributed by atoms with Crippen LogP contribution in [0.25, 0.3) is 0 Å². The molecule has 0 heterocycles. The van der Waals surface area contributed by atoms with E-state index in [1.54, 1.807) is 30.3 Å². The summed E-state index contributed by atoms with van der Waals surface area (Å²) in [6, 6.07) is 17.7. The molecule has 0 unspecified atom stereocenters. The minimum absolute atomic E-state index is 0.0891. The van der Waals surface area contributed by atoms with Gasteiger partial charge in [-0.2, -0.15) is 0 Å². The van der Waals surface area contributed by atoms with E-state index in [0.717, 1.165) is 6.07 Å². The minimum atomic E-state index is -0.922. The second-order valence-electron chi connectivity index (χ2n) is 7.78. The molecule has 0 bridgehead atoms. The van der Waals surface area contributed by atoms with Crippen LogP contribution in [0.3, 0.4) is 0 Å². The molecule has 38 heavy (non-hydrogen) atoms. The Morgan fingerprint density at radius 3 is 1.47 bits per heavy atom. The molecule has 0 aromatic heterocycles. The molecule has 4 rings (SSSR count). The van der Waals surface area contributed by atoms with Gasteiger partial charge in [0.05, 0.1) is 30.9 Å². The molecule has 0 saturated carbocycles. The fourth-order valence-corrected chi connectivity index (χ4v) is 3.36. The van der Waals surface area contributed by atoms with Crippen molar-refractivity contribution in [1.29, 1.82) is 0 Å². The third-order valence-electron chi connectivity index (χ3n) is 5.41. The van der Waals surface area contributed by atoms with E-state index in [0.29, 0.717) is 11.5 Å². The van der Waals surface area contributed by atoms with Gasteiger partial charge < -0.3 is 40.1 Å². The molecular weight excluding hydrogens is 496 g/mol. The van der Waals surface area contributed by atoms with Crippen molar-refractivity contribution in [3.05, 3.63) is 95.1 Å². The number of benzene rings is 4. The number of aromatic hydroxyl groups is 6. The van der Waals surface area contributed by atoms with Gasteiger partial charge in [0.15, 0.2) is 23.1 Å². The van der Waals surface area contributed by atoms with Gasteiger partial charge in [0, 0.05) is 17.7 Å². The third-order valence-corrected chi connectivity index (χ3v) is 5.41. The summed E-state index contributed by atoms with van der Waals surface area (Å²) in [5.74, 6) is -3.80. The van der Waals surface area contributed by atoms with Crippen molar-refractivity contribution in [3.63, 3.8) is 0 Å². The molecule has 0 saturated heterocycles. The lowest BCUT2D eigenvalue weighted by Gasteiger charge is -2.08. The predicted molar refractivity (Wildman–Crippen MR) is 136 cm³/mol. The summed E-state index contributed by atoms with van der Waals surface area (Å²) >= 11 is 0. The number of hydrogen-bond donors (Lipinski definition) is 6. The molecule has 4 aromatic rings. The summed E-state index contributed by atoms with van der Waals surface area (Å²) in [6.07, 6.45) is 0. The number of rotatable bonds is 6. The maximum absolute atomic E-state index is 12.3. The average molecular weight is 520 g/mol. The Labute approximate surface area is 216 Å². The zero-order valence-electron chi connectivity index (χ0n) is 20.2. The van der Waals surface area contributed by atoms with Gasteiger partial charge in [-0.1, -0.05) is 30.3 Å². The second-order valence-corrected chi connectivity index (χ2v) is 7.78. The van der Waals surface area contributed by atoms with Crippen LogP contribution >= 0.6 is 0 Å².